The number of anilines is 1. The molecule has 8 nitrogen and oxygen atoms in total. The molecular weight excluding hydrogens is 428 g/mol. The minimum absolute atomic E-state index is 0.0181. The van der Waals surface area contributed by atoms with Gasteiger partial charge in [-0.05, 0) is 49.2 Å². The lowest BCUT2D eigenvalue weighted by atomic mass is 9.96. The van der Waals surface area contributed by atoms with Gasteiger partial charge in [0.05, 0.1) is 18.2 Å². The van der Waals surface area contributed by atoms with E-state index in [0.29, 0.717) is 28.5 Å². The summed E-state index contributed by atoms with van der Waals surface area (Å²) in [5.74, 6) is -1.15. The number of unbranched alkanes of at least 4 members (excludes halogenated alkanes) is 1. The van der Waals surface area contributed by atoms with Gasteiger partial charge in [0.1, 0.15) is 16.5 Å². The number of aliphatic hydroxyl groups is 1. The number of amides is 1. The van der Waals surface area contributed by atoms with E-state index in [9.17, 15) is 14.7 Å². The van der Waals surface area contributed by atoms with Crippen molar-refractivity contribution < 1.29 is 19.4 Å². The Labute approximate surface area is 189 Å². The van der Waals surface area contributed by atoms with Crippen molar-refractivity contribution in [1.82, 2.24) is 15.2 Å². The molecule has 0 radical (unpaired) electrons. The van der Waals surface area contributed by atoms with Crippen molar-refractivity contribution in [3.05, 3.63) is 70.5 Å². The summed E-state index contributed by atoms with van der Waals surface area (Å²) in [6, 6.07) is 9.39. The number of benzene rings is 1. The Balaban J connectivity index is 1.77. The van der Waals surface area contributed by atoms with Crippen LogP contribution in [0.3, 0.4) is 0 Å². The first-order valence-electron chi connectivity index (χ1n) is 10.3. The lowest BCUT2D eigenvalue weighted by Crippen LogP contribution is -2.29. The number of ether oxygens (including phenoxy) is 1. The third kappa shape index (κ3) is 4.11. The van der Waals surface area contributed by atoms with Crippen molar-refractivity contribution in [2.24, 2.45) is 0 Å². The van der Waals surface area contributed by atoms with Gasteiger partial charge >= 0.3 is 5.91 Å². The predicted molar refractivity (Wildman–Crippen MR) is 121 cm³/mol. The molecule has 1 amide bonds. The summed E-state index contributed by atoms with van der Waals surface area (Å²) < 4.78 is 5.66. The maximum Gasteiger partial charge on any atom is 0.301 e. The fraction of sp³-hybridized carbons (Fsp3) is 0.261. The van der Waals surface area contributed by atoms with Crippen LogP contribution in [0.5, 0.6) is 5.75 Å². The minimum Gasteiger partial charge on any atom is -0.507 e. The van der Waals surface area contributed by atoms with Crippen molar-refractivity contribution in [2.75, 3.05) is 11.5 Å². The second-order valence-corrected chi connectivity index (χ2v) is 8.45. The number of aliphatic hydroxyl groups excluding tert-OH is 1. The number of pyridine rings is 1. The van der Waals surface area contributed by atoms with Crippen LogP contribution in [0, 0.1) is 6.92 Å². The maximum absolute atomic E-state index is 13.0. The van der Waals surface area contributed by atoms with Gasteiger partial charge in [-0.3, -0.25) is 19.5 Å². The summed E-state index contributed by atoms with van der Waals surface area (Å²) >= 11 is 1.20. The van der Waals surface area contributed by atoms with E-state index >= 15 is 0 Å². The number of hydrogen-bond acceptors (Lipinski definition) is 8. The standard InChI is InChI=1S/C23H22N4O4S/c1-3-4-12-31-17-9-7-15(8-10-17)20(28)18-19(16-6-5-11-24-13-16)27(22(30)21(18)29)23-26-25-14(2)32-23/h5-11,13,19,28H,3-4,12H2,1-2H3/t19-/m1/s1. The zero-order valence-electron chi connectivity index (χ0n) is 17.7. The third-order valence-electron chi connectivity index (χ3n) is 5.06. The zero-order valence-corrected chi connectivity index (χ0v) is 18.5. The van der Waals surface area contributed by atoms with E-state index in [4.69, 9.17) is 4.74 Å². The van der Waals surface area contributed by atoms with Gasteiger partial charge in [-0.2, -0.15) is 0 Å². The molecule has 1 aliphatic heterocycles. The second-order valence-electron chi connectivity index (χ2n) is 7.29. The highest BCUT2D eigenvalue weighted by atomic mass is 32.1. The van der Waals surface area contributed by atoms with Gasteiger partial charge < -0.3 is 9.84 Å². The smallest absolute Gasteiger partial charge is 0.301 e. The Kier molecular flexibility index (Phi) is 6.27. The Hall–Kier alpha value is -3.59. The molecule has 164 valence electrons. The summed E-state index contributed by atoms with van der Waals surface area (Å²) in [5, 5.41) is 20.1. The molecular formula is C23H22N4O4S. The first-order valence-corrected chi connectivity index (χ1v) is 11.1. The zero-order chi connectivity index (χ0) is 22.7. The number of aryl methyl sites for hydroxylation is 1. The summed E-state index contributed by atoms with van der Waals surface area (Å²) in [4.78, 5) is 31.4. The van der Waals surface area contributed by atoms with Gasteiger partial charge in [-0.15, -0.1) is 10.2 Å². The highest BCUT2D eigenvalue weighted by molar-refractivity contribution is 7.15. The van der Waals surface area contributed by atoms with Gasteiger partial charge in [-0.1, -0.05) is 30.7 Å². The molecule has 4 rings (SSSR count). The summed E-state index contributed by atoms with van der Waals surface area (Å²) in [6.07, 6.45) is 5.14. The van der Waals surface area contributed by atoms with Crippen molar-refractivity contribution in [1.29, 1.82) is 0 Å². The Morgan fingerprint density at radius 1 is 1.19 bits per heavy atom. The number of carbonyl (C=O) groups is 2. The molecule has 1 fully saturated rings. The molecule has 0 spiro atoms. The van der Waals surface area contributed by atoms with E-state index in [1.165, 1.54) is 16.2 Å². The van der Waals surface area contributed by atoms with Gasteiger partial charge in [0.25, 0.3) is 5.78 Å². The number of nitrogens with zero attached hydrogens (tertiary/aromatic N) is 4. The average molecular weight is 451 g/mol. The number of Topliss-reactive ketones (excluding diaryl/α,β-unsaturated/α-hetero) is 1. The van der Waals surface area contributed by atoms with Crippen LogP contribution >= 0.6 is 11.3 Å². The lowest BCUT2D eigenvalue weighted by molar-refractivity contribution is -0.132. The monoisotopic (exact) mass is 450 g/mol. The van der Waals surface area contributed by atoms with Gasteiger partial charge in [-0.25, -0.2) is 0 Å². The first kappa shape index (κ1) is 21.6. The van der Waals surface area contributed by atoms with Crippen LogP contribution in [0.4, 0.5) is 5.13 Å². The number of ketones is 1. The minimum atomic E-state index is -0.864. The van der Waals surface area contributed by atoms with Crippen LogP contribution in [0.1, 0.15) is 41.9 Å². The Morgan fingerprint density at radius 3 is 2.59 bits per heavy atom. The predicted octanol–water partition coefficient (Wildman–Crippen LogP) is 4.05. The first-order chi connectivity index (χ1) is 15.5. The van der Waals surface area contributed by atoms with Crippen molar-refractivity contribution in [2.45, 2.75) is 32.7 Å². The molecule has 2 aromatic heterocycles. The van der Waals surface area contributed by atoms with Crippen molar-refractivity contribution in [3.63, 3.8) is 0 Å². The summed E-state index contributed by atoms with van der Waals surface area (Å²) in [7, 11) is 0. The summed E-state index contributed by atoms with van der Waals surface area (Å²) in [5.41, 5.74) is 0.976. The van der Waals surface area contributed by atoms with E-state index in [0.717, 1.165) is 12.8 Å². The van der Waals surface area contributed by atoms with E-state index in [1.54, 1.807) is 55.7 Å². The Bertz CT molecular complexity index is 1160. The molecule has 32 heavy (non-hydrogen) atoms. The molecule has 1 N–H and O–H groups in total. The fourth-order valence-corrected chi connectivity index (χ4v) is 4.18. The van der Waals surface area contributed by atoms with Crippen molar-refractivity contribution >= 4 is 33.9 Å². The number of rotatable bonds is 7. The quantitative estimate of drug-likeness (QED) is 0.251. The van der Waals surface area contributed by atoms with Gasteiger partial charge in [0.15, 0.2) is 0 Å². The maximum atomic E-state index is 13.0. The normalized spacial score (nSPS) is 17.7. The molecule has 3 aromatic rings. The van der Waals surface area contributed by atoms with Crippen LogP contribution in [0.2, 0.25) is 0 Å². The van der Waals surface area contributed by atoms with Gasteiger partial charge in [0.2, 0.25) is 5.13 Å². The second kappa shape index (κ2) is 9.27. The topological polar surface area (TPSA) is 106 Å². The molecule has 0 bridgehead atoms. The van der Waals surface area contributed by atoms with E-state index in [1.807, 2.05) is 0 Å². The van der Waals surface area contributed by atoms with E-state index < -0.39 is 17.7 Å². The number of hydrogen-bond donors (Lipinski definition) is 1. The highest BCUT2D eigenvalue weighted by Crippen LogP contribution is 2.42. The molecule has 9 heteroatoms. The SMILES string of the molecule is CCCCOc1ccc(C(O)=C2C(=O)C(=O)N(c3nnc(C)s3)[C@@H]2c2cccnc2)cc1. The molecule has 3 heterocycles. The molecule has 0 aliphatic carbocycles. The van der Waals surface area contributed by atoms with Crippen LogP contribution in [-0.2, 0) is 9.59 Å². The van der Waals surface area contributed by atoms with Gasteiger partial charge in [0, 0.05) is 18.0 Å². The number of aromatic nitrogens is 3. The molecule has 0 unspecified atom stereocenters. The average Bonchev–Trinajstić information content (AvgIpc) is 3.35. The molecule has 1 aromatic carbocycles. The Morgan fingerprint density at radius 2 is 1.97 bits per heavy atom. The summed E-state index contributed by atoms with van der Waals surface area (Å²) in [6.45, 7) is 4.46. The molecule has 1 saturated heterocycles. The molecule has 0 saturated carbocycles. The highest BCUT2D eigenvalue weighted by Gasteiger charge is 2.48. The van der Waals surface area contributed by atoms with Crippen LogP contribution in [0.25, 0.3) is 5.76 Å². The fourth-order valence-electron chi connectivity index (χ4n) is 3.47. The van der Waals surface area contributed by atoms with Crippen molar-refractivity contribution in [3.8, 4) is 5.75 Å². The number of carbonyl (C=O) groups excluding carboxylic acids is 2. The lowest BCUT2D eigenvalue weighted by Gasteiger charge is -2.22. The third-order valence-corrected chi connectivity index (χ3v) is 5.90. The van der Waals surface area contributed by atoms with Crippen LogP contribution in [0.15, 0.2) is 54.4 Å². The van der Waals surface area contributed by atoms with E-state index in [-0.39, 0.29) is 16.5 Å². The largest absolute Gasteiger partial charge is 0.507 e. The van der Waals surface area contributed by atoms with Crippen LogP contribution in [-0.4, -0.2) is 38.6 Å². The van der Waals surface area contributed by atoms with Crippen LogP contribution < -0.4 is 9.64 Å². The molecule has 1 atom stereocenters. The van der Waals surface area contributed by atoms with E-state index in [2.05, 4.69) is 22.1 Å². The molecule has 1 aliphatic rings.